The zero-order valence-corrected chi connectivity index (χ0v) is 11.6. The molecule has 2 heterocycles. The van der Waals surface area contributed by atoms with E-state index in [0.717, 1.165) is 17.7 Å². The number of benzene rings is 1. The summed E-state index contributed by atoms with van der Waals surface area (Å²) in [5, 5.41) is 3.04. The molecule has 2 aromatic rings. The number of para-hydroxylation sites is 1. The summed E-state index contributed by atoms with van der Waals surface area (Å²) in [5.41, 5.74) is 1.03. The van der Waals surface area contributed by atoms with E-state index in [9.17, 15) is 4.79 Å². The standard InChI is InChI=1S/C14H12ClNO2S/c15-13-6-5-12(19-13)14(17)16-10-7-8-18-11-4-2-1-3-9(10)11/h1-6,10H,7-8H2,(H,16,17)/t10-/m1/s1. The molecule has 1 amide bonds. The van der Waals surface area contributed by atoms with E-state index < -0.39 is 0 Å². The Balaban J connectivity index is 1.79. The summed E-state index contributed by atoms with van der Waals surface area (Å²) < 4.78 is 6.20. The molecule has 3 rings (SSSR count). The van der Waals surface area contributed by atoms with Gasteiger partial charge in [-0.15, -0.1) is 11.3 Å². The Morgan fingerprint density at radius 3 is 2.95 bits per heavy atom. The van der Waals surface area contributed by atoms with Gasteiger partial charge in [-0.25, -0.2) is 0 Å². The van der Waals surface area contributed by atoms with Crippen molar-refractivity contribution in [3.63, 3.8) is 0 Å². The van der Waals surface area contributed by atoms with Crippen LogP contribution in [0.2, 0.25) is 4.34 Å². The molecular formula is C14H12ClNO2S. The highest BCUT2D eigenvalue weighted by atomic mass is 35.5. The topological polar surface area (TPSA) is 38.3 Å². The minimum Gasteiger partial charge on any atom is -0.493 e. The highest BCUT2D eigenvalue weighted by Gasteiger charge is 2.23. The van der Waals surface area contributed by atoms with E-state index in [1.807, 2.05) is 24.3 Å². The molecular weight excluding hydrogens is 282 g/mol. The van der Waals surface area contributed by atoms with E-state index in [4.69, 9.17) is 16.3 Å². The van der Waals surface area contributed by atoms with Gasteiger partial charge >= 0.3 is 0 Å². The molecule has 5 heteroatoms. The number of rotatable bonds is 2. The number of fused-ring (bicyclic) bond motifs is 1. The van der Waals surface area contributed by atoms with Crippen molar-refractivity contribution in [3.05, 3.63) is 51.2 Å². The largest absolute Gasteiger partial charge is 0.493 e. The van der Waals surface area contributed by atoms with Crippen LogP contribution in [-0.4, -0.2) is 12.5 Å². The van der Waals surface area contributed by atoms with Gasteiger partial charge in [0.2, 0.25) is 0 Å². The molecule has 0 fully saturated rings. The Labute approximate surface area is 120 Å². The number of hydrogen-bond acceptors (Lipinski definition) is 3. The molecule has 0 bridgehead atoms. The average Bonchev–Trinajstić information content (AvgIpc) is 2.86. The van der Waals surface area contributed by atoms with Crippen LogP contribution in [0.5, 0.6) is 5.75 Å². The number of hydrogen-bond donors (Lipinski definition) is 1. The smallest absolute Gasteiger partial charge is 0.261 e. The van der Waals surface area contributed by atoms with Gasteiger partial charge in [0.15, 0.2) is 0 Å². The number of nitrogens with one attached hydrogen (secondary N) is 1. The van der Waals surface area contributed by atoms with Crippen LogP contribution >= 0.6 is 22.9 Å². The van der Waals surface area contributed by atoms with E-state index in [0.29, 0.717) is 15.8 Å². The van der Waals surface area contributed by atoms with Gasteiger partial charge in [0.05, 0.1) is 21.9 Å². The van der Waals surface area contributed by atoms with E-state index in [1.54, 1.807) is 12.1 Å². The first-order chi connectivity index (χ1) is 9.24. The maximum atomic E-state index is 12.1. The molecule has 0 saturated heterocycles. The van der Waals surface area contributed by atoms with Crippen molar-refractivity contribution >= 4 is 28.8 Å². The highest BCUT2D eigenvalue weighted by molar-refractivity contribution is 7.17. The van der Waals surface area contributed by atoms with Crippen LogP contribution in [-0.2, 0) is 0 Å². The lowest BCUT2D eigenvalue weighted by Gasteiger charge is -2.26. The third kappa shape index (κ3) is 2.60. The Hall–Kier alpha value is -1.52. The van der Waals surface area contributed by atoms with Crippen LogP contribution < -0.4 is 10.1 Å². The maximum Gasteiger partial charge on any atom is 0.261 e. The van der Waals surface area contributed by atoms with Gasteiger partial charge < -0.3 is 10.1 Å². The van der Waals surface area contributed by atoms with Crippen molar-refractivity contribution in [2.24, 2.45) is 0 Å². The molecule has 1 atom stereocenters. The quantitative estimate of drug-likeness (QED) is 0.918. The Bertz CT molecular complexity index is 611. The summed E-state index contributed by atoms with van der Waals surface area (Å²) in [6.45, 7) is 0.618. The minimum absolute atomic E-state index is 0.00155. The third-order valence-electron chi connectivity index (χ3n) is 3.06. The van der Waals surface area contributed by atoms with Crippen LogP contribution in [0.15, 0.2) is 36.4 Å². The average molecular weight is 294 g/mol. The molecule has 98 valence electrons. The molecule has 1 aliphatic heterocycles. The summed E-state index contributed by atoms with van der Waals surface area (Å²) in [7, 11) is 0. The number of halogens is 1. The monoisotopic (exact) mass is 293 g/mol. The Kier molecular flexibility index (Phi) is 3.44. The van der Waals surface area contributed by atoms with Crippen LogP contribution in [0, 0.1) is 0 Å². The van der Waals surface area contributed by atoms with Gasteiger partial charge in [0.1, 0.15) is 5.75 Å². The van der Waals surface area contributed by atoms with Crippen molar-refractivity contribution in [2.45, 2.75) is 12.5 Å². The lowest BCUT2D eigenvalue weighted by Crippen LogP contribution is -2.31. The van der Waals surface area contributed by atoms with Gasteiger partial charge in [-0.2, -0.15) is 0 Å². The van der Waals surface area contributed by atoms with E-state index in [2.05, 4.69) is 5.32 Å². The molecule has 1 aromatic carbocycles. The van der Waals surface area contributed by atoms with Gasteiger partial charge in [-0.05, 0) is 18.2 Å². The minimum atomic E-state index is -0.0846. The van der Waals surface area contributed by atoms with Gasteiger partial charge in [-0.3, -0.25) is 4.79 Å². The van der Waals surface area contributed by atoms with E-state index in [1.165, 1.54) is 11.3 Å². The lowest BCUT2D eigenvalue weighted by molar-refractivity contribution is 0.0929. The number of carbonyl (C=O) groups is 1. The van der Waals surface area contributed by atoms with Crippen molar-refractivity contribution in [1.29, 1.82) is 0 Å². The zero-order chi connectivity index (χ0) is 13.2. The van der Waals surface area contributed by atoms with Gasteiger partial charge in [0, 0.05) is 12.0 Å². The van der Waals surface area contributed by atoms with Crippen LogP contribution in [0.1, 0.15) is 27.7 Å². The first-order valence-electron chi connectivity index (χ1n) is 6.02. The molecule has 19 heavy (non-hydrogen) atoms. The number of thiophene rings is 1. The molecule has 1 aromatic heterocycles. The van der Waals surface area contributed by atoms with Crippen LogP contribution in [0.4, 0.5) is 0 Å². The Morgan fingerprint density at radius 1 is 1.32 bits per heavy atom. The third-order valence-corrected chi connectivity index (χ3v) is 4.29. The van der Waals surface area contributed by atoms with Crippen molar-refractivity contribution in [1.82, 2.24) is 5.32 Å². The second-order valence-electron chi connectivity index (χ2n) is 4.30. The first kappa shape index (κ1) is 12.5. The van der Waals surface area contributed by atoms with Gasteiger partial charge in [-0.1, -0.05) is 29.8 Å². The fourth-order valence-corrected chi connectivity index (χ4v) is 3.10. The maximum absolute atomic E-state index is 12.1. The Morgan fingerprint density at radius 2 is 2.16 bits per heavy atom. The lowest BCUT2D eigenvalue weighted by atomic mass is 10.0. The second kappa shape index (κ2) is 5.23. The summed E-state index contributed by atoms with van der Waals surface area (Å²) in [4.78, 5) is 12.8. The molecule has 0 unspecified atom stereocenters. The molecule has 0 radical (unpaired) electrons. The summed E-state index contributed by atoms with van der Waals surface area (Å²) in [6, 6.07) is 11.3. The van der Waals surface area contributed by atoms with Crippen molar-refractivity contribution in [2.75, 3.05) is 6.61 Å². The number of carbonyl (C=O) groups excluding carboxylic acids is 1. The highest BCUT2D eigenvalue weighted by Crippen LogP contribution is 2.32. The van der Waals surface area contributed by atoms with Crippen molar-refractivity contribution < 1.29 is 9.53 Å². The van der Waals surface area contributed by atoms with Crippen LogP contribution in [0.3, 0.4) is 0 Å². The molecule has 0 saturated carbocycles. The molecule has 1 aliphatic rings. The first-order valence-corrected chi connectivity index (χ1v) is 7.21. The molecule has 0 spiro atoms. The van der Waals surface area contributed by atoms with Gasteiger partial charge in [0.25, 0.3) is 5.91 Å². The zero-order valence-electron chi connectivity index (χ0n) is 10.1. The normalized spacial score (nSPS) is 17.4. The summed E-state index contributed by atoms with van der Waals surface area (Å²) in [6.07, 6.45) is 0.780. The summed E-state index contributed by atoms with van der Waals surface area (Å²) in [5.74, 6) is 0.766. The predicted molar refractivity (Wildman–Crippen MR) is 76.1 cm³/mol. The molecule has 0 aliphatic carbocycles. The SMILES string of the molecule is O=C(N[C@@H]1CCOc2ccccc21)c1ccc(Cl)s1. The second-order valence-corrected chi connectivity index (χ2v) is 6.02. The fraction of sp³-hybridized carbons (Fsp3) is 0.214. The molecule has 3 nitrogen and oxygen atoms in total. The molecule has 1 N–H and O–H groups in total. The number of amides is 1. The van der Waals surface area contributed by atoms with E-state index in [-0.39, 0.29) is 11.9 Å². The predicted octanol–water partition coefficient (Wildman–Crippen LogP) is 3.66. The fourth-order valence-electron chi connectivity index (χ4n) is 2.16. The van der Waals surface area contributed by atoms with Crippen molar-refractivity contribution in [3.8, 4) is 5.75 Å². The summed E-state index contributed by atoms with van der Waals surface area (Å²) >= 11 is 7.13. The van der Waals surface area contributed by atoms with Crippen LogP contribution in [0.25, 0.3) is 0 Å². The van der Waals surface area contributed by atoms with E-state index >= 15 is 0 Å². The number of ether oxygens (including phenoxy) is 1.